The fourth-order valence-corrected chi connectivity index (χ4v) is 5.39. The van der Waals surface area contributed by atoms with Gasteiger partial charge in [0.05, 0.1) is 13.2 Å². The van der Waals surface area contributed by atoms with Gasteiger partial charge in [-0.1, -0.05) is 138 Å². The summed E-state index contributed by atoms with van der Waals surface area (Å²) in [4.78, 5) is 24.3. The molecule has 0 rings (SSSR count). The molecule has 0 fully saturated rings. The second kappa shape index (κ2) is 27.1. The standard InChI is InChI=1S/C35H68O4/c1-7-11-22-31(9-3)28-38-34(36)25-21-19-17-15-13-14-16-18-20-24-33(30(5)6)26-27-35(37)39-29-32(10-4)23-12-8-2/h30-33H,7-29H2,1-6H3. The van der Waals surface area contributed by atoms with Crippen LogP contribution in [0.2, 0.25) is 0 Å². The van der Waals surface area contributed by atoms with E-state index in [1.807, 2.05) is 0 Å². The van der Waals surface area contributed by atoms with Crippen molar-refractivity contribution in [2.45, 2.75) is 176 Å². The van der Waals surface area contributed by atoms with Crippen molar-refractivity contribution in [1.29, 1.82) is 0 Å². The van der Waals surface area contributed by atoms with Crippen LogP contribution in [-0.4, -0.2) is 25.2 Å². The fourth-order valence-electron chi connectivity index (χ4n) is 5.39. The number of hydrogen-bond donors (Lipinski definition) is 0. The van der Waals surface area contributed by atoms with E-state index < -0.39 is 0 Å². The molecule has 0 saturated carbocycles. The molecule has 0 aromatic rings. The lowest BCUT2D eigenvalue weighted by atomic mass is 9.86. The number of hydrogen-bond acceptors (Lipinski definition) is 4. The number of carbonyl (C=O) groups excluding carboxylic acids is 2. The van der Waals surface area contributed by atoms with Gasteiger partial charge in [0, 0.05) is 12.8 Å². The highest BCUT2D eigenvalue weighted by molar-refractivity contribution is 5.69. The summed E-state index contributed by atoms with van der Waals surface area (Å²) in [6.45, 7) is 14.6. The monoisotopic (exact) mass is 553 g/mol. The molecule has 0 spiro atoms. The van der Waals surface area contributed by atoms with Gasteiger partial charge in [-0.05, 0) is 49.4 Å². The van der Waals surface area contributed by atoms with Gasteiger partial charge in [0.25, 0.3) is 0 Å². The van der Waals surface area contributed by atoms with Crippen LogP contribution in [0, 0.1) is 23.7 Å². The van der Waals surface area contributed by atoms with Crippen LogP contribution in [0.15, 0.2) is 0 Å². The molecule has 0 radical (unpaired) electrons. The Morgan fingerprint density at radius 2 is 0.949 bits per heavy atom. The van der Waals surface area contributed by atoms with Crippen LogP contribution in [-0.2, 0) is 19.1 Å². The van der Waals surface area contributed by atoms with Gasteiger partial charge in [0.15, 0.2) is 0 Å². The van der Waals surface area contributed by atoms with Crippen molar-refractivity contribution in [3.05, 3.63) is 0 Å². The van der Waals surface area contributed by atoms with Crippen LogP contribution in [0.5, 0.6) is 0 Å². The van der Waals surface area contributed by atoms with Crippen molar-refractivity contribution >= 4 is 11.9 Å². The molecule has 0 aliphatic carbocycles. The van der Waals surface area contributed by atoms with Crippen LogP contribution in [0.3, 0.4) is 0 Å². The molecule has 232 valence electrons. The highest BCUT2D eigenvalue weighted by Gasteiger charge is 2.17. The van der Waals surface area contributed by atoms with E-state index in [0.29, 0.717) is 49.7 Å². The number of ether oxygens (including phenoxy) is 2. The van der Waals surface area contributed by atoms with E-state index in [1.165, 1.54) is 89.9 Å². The van der Waals surface area contributed by atoms with Gasteiger partial charge < -0.3 is 9.47 Å². The van der Waals surface area contributed by atoms with E-state index in [1.54, 1.807) is 0 Å². The average Bonchev–Trinajstić information content (AvgIpc) is 2.93. The predicted molar refractivity (Wildman–Crippen MR) is 167 cm³/mol. The lowest BCUT2D eigenvalue weighted by Crippen LogP contribution is -2.16. The predicted octanol–water partition coefficient (Wildman–Crippen LogP) is 10.8. The van der Waals surface area contributed by atoms with E-state index in [2.05, 4.69) is 41.5 Å². The molecule has 0 aromatic heterocycles. The number of esters is 2. The molecule has 3 unspecified atom stereocenters. The minimum Gasteiger partial charge on any atom is -0.465 e. The molecule has 4 heteroatoms. The van der Waals surface area contributed by atoms with Gasteiger partial charge in [-0.3, -0.25) is 9.59 Å². The van der Waals surface area contributed by atoms with Crippen molar-refractivity contribution < 1.29 is 19.1 Å². The van der Waals surface area contributed by atoms with E-state index in [4.69, 9.17) is 9.47 Å². The third-order valence-corrected chi connectivity index (χ3v) is 8.66. The maximum atomic E-state index is 12.3. The summed E-state index contributed by atoms with van der Waals surface area (Å²) in [5, 5.41) is 0. The topological polar surface area (TPSA) is 52.6 Å². The Bertz CT molecular complexity index is 559. The molecular formula is C35H68O4. The van der Waals surface area contributed by atoms with Gasteiger partial charge in [0.1, 0.15) is 0 Å². The maximum Gasteiger partial charge on any atom is 0.305 e. The van der Waals surface area contributed by atoms with Crippen molar-refractivity contribution in [3.63, 3.8) is 0 Å². The van der Waals surface area contributed by atoms with Gasteiger partial charge >= 0.3 is 11.9 Å². The second-order valence-electron chi connectivity index (χ2n) is 12.5. The fraction of sp³-hybridized carbons (Fsp3) is 0.943. The lowest BCUT2D eigenvalue weighted by molar-refractivity contribution is -0.146. The first kappa shape index (κ1) is 37.9. The Kier molecular flexibility index (Phi) is 26.4. The molecule has 0 aliphatic heterocycles. The molecule has 0 heterocycles. The Labute approximate surface area is 244 Å². The zero-order chi connectivity index (χ0) is 29.1. The molecule has 4 nitrogen and oxygen atoms in total. The van der Waals surface area contributed by atoms with Gasteiger partial charge in [-0.2, -0.15) is 0 Å². The molecule has 0 saturated heterocycles. The summed E-state index contributed by atoms with van der Waals surface area (Å²) in [6.07, 6.45) is 23.9. The summed E-state index contributed by atoms with van der Waals surface area (Å²) in [7, 11) is 0. The van der Waals surface area contributed by atoms with E-state index in [0.717, 1.165) is 32.1 Å². The average molecular weight is 553 g/mol. The smallest absolute Gasteiger partial charge is 0.305 e. The Morgan fingerprint density at radius 1 is 0.513 bits per heavy atom. The van der Waals surface area contributed by atoms with Crippen molar-refractivity contribution in [3.8, 4) is 0 Å². The Balaban J connectivity index is 3.76. The van der Waals surface area contributed by atoms with Crippen LogP contribution in [0.1, 0.15) is 176 Å². The zero-order valence-corrected chi connectivity index (χ0v) is 27.2. The van der Waals surface area contributed by atoms with Gasteiger partial charge in [-0.15, -0.1) is 0 Å². The van der Waals surface area contributed by atoms with Crippen LogP contribution < -0.4 is 0 Å². The number of unbranched alkanes of at least 4 members (excludes halogenated alkanes) is 10. The number of rotatable bonds is 28. The van der Waals surface area contributed by atoms with Crippen molar-refractivity contribution in [2.75, 3.05) is 13.2 Å². The lowest BCUT2D eigenvalue weighted by Gasteiger charge is -2.21. The van der Waals surface area contributed by atoms with E-state index >= 15 is 0 Å². The SMILES string of the molecule is CCCCC(CC)COC(=O)CCCCCCCCCCCC(CCC(=O)OCC(CC)CCCC)C(C)C. The van der Waals surface area contributed by atoms with E-state index in [9.17, 15) is 9.59 Å². The molecule has 0 aliphatic rings. The summed E-state index contributed by atoms with van der Waals surface area (Å²) >= 11 is 0. The minimum atomic E-state index is -0.00548. The molecule has 0 aromatic carbocycles. The minimum absolute atomic E-state index is 0.0000294. The third-order valence-electron chi connectivity index (χ3n) is 8.66. The molecule has 0 N–H and O–H groups in total. The molecule has 3 atom stereocenters. The first-order chi connectivity index (χ1) is 18.9. The highest BCUT2D eigenvalue weighted by atomic mass is 16.5. The highest BCUT2D eigenvalue weighted by Crippen LogP contribution is 2.25. The summed E-state index contributed by atoms with van der Waals surface area (Å²) < 4.78 is 11.1. The van der Waals surface area contributed by atoms with Crippen molar-refractivity contribution in [1.82, 2.24) is 0 Å². The first-order valence-electron chi connectivity index (χ1n) is 17.2. The normalized spacial score (nSPS) is 13.8. The molecule has 39 heavy (non-hydrogen) atoms. The van der Waals surface area contributed by atoms with Gasteiger partial charge in [-0.25, -0.2) is 0 Å². The molecule has 0 bridgehead atoms. The van der Waals surface area contributed by atoms with Crippen LogP contribution in [0.4, 0.5) is 0 Å². The summed E-state index contributed by atoms with van der Waals surface area (Å²) in [5.74, 6) is 2.30. The zero-order valence-electron chi connectivity index (χ0n) is 27.2. The first-order valence-corrected chi connectivity index (χ1v) is 17.2. The quantitative estimate of drug-likeness (QED) is 0.0715. The third kappa shape index (κ3) is 23.4. The van der Waals surface area contributed by atoms with Crippen LogP contribution >= 0.6 is 0 Å². The van der Waals surface area contributed by atoms with Gasteiger partial charge in [0.2, 0.25) is 0 Å². The largest absolute Gasteiger partial charge is 0.465 e. The summed E-state index contributed by atoms with van der Waals surface area (Å²) in [6, 6.07) is 0. The molecular weight excluding hydrogens is 484 g/mol. The Morgan fingerprint density at radius 3 is 1.38 bits per heavy atom. The maximum absolute atomic E-state index is 12.3. The summed E-state index contributed by atoms with van der Waals surface area (Å²) in [5.41, 5.74) is 0. The van der Waals surface area contributed by atoms with Crippen molar-refractivity contribution in [2.24, 2.45) is 23.7 Å². The van der Waals surface area contributed by atoms with E-state index in [-0.39, 0.29) is 11.9 Å². The second-order valence-corrected chi connectivity index (χ2v) is 12.5. The Hall–Kier alpha value is -1.06. The molecule has 0 amide bonds. The van der Waals surface area contributed by atoms with Crippen LogP contribution in [0.25, 0.3) is 0 Å². The number of carbonyl (C=O) groups is 2.